The third kappa shape index (κ3) is 4.07. The van der Waals surface area contributed by atoms with Crippen molar-refractivity contribution >= 4 is 34.4 Å². The number of nitrogens with one attached hydrogen (secondary N) is 1. The predicted molar refractivity (Wildman–Crippen MR) is 87.8 cm³/mol. The first-order valence-corrected chi connectivity index (χ1v) is 8.49. The van der Waals surface area contributed by atoms with E-state index in [1.54, 1.807) is 12.1 Å². The average molecular weight is 352 g/mol. The molecule has 0 heterocycles. The van der Waals surface area contributed by atoms with Gasteiger partial charge in [0, 0.05) is 10.2 Å². The van der Waals surface area contributed by atoms with Gasteiger partial charge >= 0.3 is 7.52 Å². The van der Waals surface area contributed by atoms with Gasteiger partial charge in [0.2, 0.25) is 0 Å². The predicted octanol–water partition coefficient (Wildman–Crippen LogP) is 4.54. The highest BCUT2D eigenvalue weighted by molar-refractivity contribution is 9.11. The Kier molecular flexibility index (Phi) is 5.18. The second kappa shape index (κ2) is 6.89. The van der Waals surface area contributed by atoms with Crippen molar-refractivity contribution in [1.82, 2.24) is 0 Å². The Morgan fingerprint density at radius 3 is 2.20 bits per heavy atom. The van der Waals surface area contributed by atoms with Gasteiger partial charge < -0.3 is 9.61 Å². The van der Waals surface area contributed by atoms with Crippen LogP contribution in [0.5, 0.6) is 0 Å². The Hall–Kier alpha value is -1.35. The van der Waals surface area contributed by atoms with Gasteiger partial charge in [-0.05, 0) is 24.3 Å². The van der Waals surface area contributed by atoms with Crippen molar-refractivity contribution in [3.8, 4) is 0 Å². The highest BCUT2D eigenvalue weighted by Gasteiger charge is 2.26. The molecule has 0 radical (unpaired) electrons. The maximum absolute atomic E-state index is 13.1. The van der Waals surface area contributed by atoms with Crippen LogP contribution in [0.2, 0.25) is 0 Å². The van der Waals surface area contributed by atoms with Gasteiger partial charge in [-0.1, -0.05) is 58.9 Å². The molecule has 2 aromatic rings. The van der Waals surface area contributed by atoms with Crippen molar-refractivity contribution in [2.75, 3.05) is 11.7 Å². The van der Waals surface area contributed by atoms with E-state index in [4.69, 9.17) is 4.52 Å². The van der Waals surface area contributed by atoms with E-state index in [-0.39, 0.29) is 6.61 Å². The lowest BCUT2D eigenvalue weighted by molar-refractivity contribution is 0.363. The van der Waals surface area contributed by atoms with E-state index in [1.165, 1.54) is 0 Å². The first-order valence-electron chi connectivity index (χ1n) is 6.07. The summed E-state index contributed by atoms with van der Waals surface area (Å²) in [5, 5.41) is 3.62. The molecule has 0 aliphatic rings. The third-order valence-corrected chi connectivity index (χ3v) is 4.80. The van der Waals surface area contributed by atoms with E-state index in [2.05, 4.69) is 27.6 Å². The molecule has 3 nitrogen and oxygen atoms in total. The van der Waals surface area contributed by atoms with Crippen LogP contribution in [0.25, 0.3) is 0 Å². The fraction of sp³-hybridized carbons (Fsp3) is 0.0667. The lowest BCUT2D eigenvalue weighted by Crippen LogP contribution is -2.14. The van der Waals surface area contributed by atoms with E-state index < -0.39 is 7.52 Å². The highest BCUT2D eigenvalue weighted by Crippen LogP contribution is 2.46. The number of hydrogen-bond acceptors (Lipinski definition) is 2. The summed E-state index contributed by atoms with van der Waals surface area (Å²) >= 11 is 3.22. The van der Waals surface area contributed by atoms with Crippen LogP contribution in [0.3, 0.4) is 0 Å². The van der Waals surface area contributed by atoms with Crippen LogP contribution in [0.4, 0.5) is 5.69 Å². The molecule has 1 atom stereocenters. The molecular weight excluding hydrogens is 337 g/mol. The van der Waals surface area contributed by atoms with E-state index in [0.717, 1.165) is 5.69 Å². The maximum Gasteiger partial charge on any atom is 0.324 e. The summed E-state index contributed by atoms with van der Waals surface area (Å²) < 4.78 is 19.3. The van der Waals surface area contributed by atoms with Gasteiger partial charge in [-0.25, -0.2) is 0 Å². The Balaban J connectivity index is 2.29. The van der Waals surface area contributed by atoms with Crippen molar-refractivity contribution in [1.29, 1.82) is 0 Å². The number of para-hydroxylation sites is 1. The van der Waals surface area contributed by atoms with Gasteiger partial charge in [-0.3, -0.25) is 4.57 Å². The summed E-state index contributed by atoms with van der Waals surface area (Å²) in [7, 11) is -3.19. The fourth-order valence-corrected chi connectivity index (χ4v) is 3.66. The van der Waals surface area contributed by atoms with Crippen molar-refractivity contribution in [2.24, 2.45) is 0 Å². The largest absolute Gasteiger partial charge is 0.324 e. The van der Waals surface area contributed by atoms with Crippen molar-refractivity contribution in [3.05, 3.63) is 71.7 Å². The first kappa shape index (κ1) is 15.0. The Morgan fingerprint density at radius 2 is 1.65 bits per heavy atom. The van der Waals surface area contributed by atoms with Crippen LogP contribution >= 0.6 is 23.4 Å². The molecule has 0 amide bonds. The molecule has 104 valence electrons. The smallest absolute Gasteiger partial charge is 0.312 e. The van der Waals surface area contributed by atoms with Crippen LogP contribution in [0, 0.1) is 0 Å². The second-order valence-electron chi connectivity index (χ2n) is 4.16. The van der Waals surface area contributed by atoms with E-state index >= 15 is 0 Å². The van der Waals surface area contributed by atoms with Crippen LogP contribution in [0.1, 0.15) is 0 Å². The first-order chi connectivity index (χ1) is 9.60. The summed E-state index contributed by atoms with van der Waals surface area (Å²) in [6, 6.07) is 18.5. The summed E-state index contributed by atoms with van der Waals surface area (Å²) in [6.45, 7) is 3.87. The normalized spacial score (nSPS) is 13.4. The van der Waals surface area contributed by atoms with Gasteiger partial charge in [0.15, 0.2) is 0 Å². The SMILES string of the molecule is C=C(Br)CO[P@@](=O)(Nc1ccccc1)c1ccccc1. The van der Waals surface area contributed by atoms with E-state index in [9.17, 15) is 4.57 Å². The molecule has 2 rings (SSSR count). The minimum atomic E-state index is -3.19. The van der Waals surface area contributed by atoms with Crippen molar-refractivity contribution in [2.45, 2.75) is 0 Å². The average Bonchev–Trinajstić information content (AvgIpc) is 2.47. The Morgan fingerprint density at radius 1 is 1.10 bits per heavy atom. The molecule has 0 bridgehead atoms. The van der Waals surface area contributed by atoms with Crippen LogP contribution < -0.4 is 10.4 Å². The fourth-order valence-electron chi connectivity index (χ4n) is 1.64. The standard InChI is InChI=1S/C15H15BrNO2P/c1-13(16)12-19-20(18,15-10-6-3-7-11-15)17-14-8-4-2-5-9-14/h2-11H,1,12H2,(H,17,18)/t20-/m1/s1. The lowest BCUT2D eigenvalue weighted by atomic mass is 10.3. The molecular formula is C15H15BrNO2P. The summed E-state index contributed by atoms with van der Waals surface area (Å²) in [5.41, 5.74) is 0.750. The molecule has 0 fully saturated rings. The van der Waals surface area contributed by atoms with Gasteiger partial charge in [0.25, 0.3) is 0 Å². The summed E-state index contributed by atoms with van der Waals surface area (Å²) in [6.07, 6.45) is 0. The molecule has 0 aliphatic carbocycles. The summed E-state index contributed by atoms with van der Waals surface area (Å²) in [4.78, 5) is 0. The molecule has 0 spiro atoms. The van der Waals surface area contributed by atoms with Crippen LogP contribution in [-0.2, 0) is 9.09 Å². The number of anilines is 1. The molecule has 20 heavy (non-hydrogen) atoms. The zero-order valence-corrected chi connectivity index (χ0v) is 13.3. The topological polar surface area (TPSA) is 38.3 Å². The number of hydrogen-bond donors (Lipinski definition) is 1. The number of rotatable bonds is 6. The molecule has 2 aromatic carbocycles. The second-order valence-corrected chi connectivity index (χ2v) is 7.38. The Bertz CT molecular complexity index is 616. The molecule has 0 aromatic heterocycles. The van der Waals surface area contributed by atoms with Crippen LogP contribution in [0.15, 0.2) is 71.7 Å². The number of halogens is 1. The zero-order chi connectivity index (χ0) is 14.4. The van der Waals surface area contributed by atoms with E-state index in [1.807, 2.05) is 48.5 Å². The monoisotopic (exact) mass is 351 g/mol. The minimum Gasteiger partial charge on any atom is -0.312 e. The van der Waals surface area contributed by atoms with Gasteiger partial charge in [-0.15, -0.1) is 0 Å². The lowest BCUT2D eigenvalue weighted by Gasteiger charge is -2.20. The van der Waals surface area contributed by atoms with Crippen molar-refractivity contribution in [3.63, 3.8) is 0 Å². The molecule has 0 aliphatic heterocycles. The number of benzene rings is 2. The minimum absolute atomic E-state index is 0.173. The molecule has 1 N–H and O–H groups in total. The summed E-state index contributed by atoms with van der Waals surface area (Å²) in [5.74, 6) is 0. The molecule has 0 saturated carbocycles. The zero-order valence-electron chi connectivity index (χ0n) is 10.8. The molecule has 0 unspecified atom stereocenters. The van der Waals surface area contributed by atoms with Gasteiger partial charge in [0.05, 0.1) is 11.9 Å². The third-order valence-electron chi connectivity index (χ3n) is 2.55. The molecule has 0 saturated heterocycles. The maximum atomic E-state index is 13.1. The quantitative estimate of drug-likeness (QED) is 0.776. The van der Waals surface area contributed by atoms with E-state index in [0.29, 0.717) is 9.79 Å². The van der Waals surface area contributed by atoms with Gasteiger partial charge in [0.1, 0.15) is 0 Å². The van der Waals surface area contributed by atoms with Gasteiger partial charge in [-0.2, -0.15) is 0 Å². The molecule has 5 heteroatoms. The van der Waals surface area contributed by atoms with Crippen molar-refractivity contribution < 1.29 is 9.09 Å². The highest BCUT2D eigenvalue weighted by atomic mass is 79.9. The van der Waals surface area contributed by atoms with Crippen LogP contribution in [-0.4, -0.2) is 6.61 Å². The Labute approximate surface area is 127 Å².